The molecule has 0 spiro atoms. The summed E-state index contributed by atoms with van der Waals surface area (Å²) < 4.78 is 30.7. The summed E-state index contributed by atoms with van der Waals surface area (Å²) >= 11 is 0. The van der Waals surface area contributed by atoms with E-state index in [9.17, 15) is 9.18 Å². The van der Waals surface area contributed by atoms with Gasteiger partial charge in [0.25, 0.3) is 5.91 Å². The molecule has 1 aliphatic rings. The Labute approximate surface area is 193 Å². The zero-order valence-electron chi connectivity index (χ0n) is 19.3. The number of amides is 1. The van der Waals surface area contributed by atoms with Crippen molar-refractivity contribution in [3.05, 3.63) is 59.1 Å². The maximum Gasteiger partial charge on any atom is 0.265 e. The SMILES string of the molecule is CCCCN(CCCc1coc2c(OC)cccc12)NC(=O)c1ccc(F)c2c1CCCO2. The maximum atomic E-state index is 14.1. The Bertz CT molecular complexity index is 1110. The van der Waals surface area contributed by atoms with E-state index in [1.165, 1.54) is 6.07 Å². The number of benzene rings is 2. The number of para-hydroxylation sites is 1. The molecule has 4 rings (SSSR count). The number of furan rings is 1. The molecule has 0 saturated heterocycles. The number of rotatable bonds is 10. The van der Waals surface area contributed by atoms with Gasteiger partial charge in [-0.25, -0.2) is 9.40 Å². The lowest BCUT2D eigenvalue weighted by Gasteiger charge is -2.25. The van der Waals surface area contributed by atoms with Crippen LogP contribution in [0.25, 0.3) is 11.0 Å². The number of ether oxygens (including phenoxy) is 2. The Hall–Kier alpha value is -3.06. The number of aryl methyl sites for hydroxylation is 1. The molecule has 1 aromatic heterocycles. The molecule has 0 fully saturated rings. The van der Waals surface area contributed by atoms with Gasteiger partial charge in [-0.15, -0.1) is 0 Å². The minimum atomic E-state index is -0.409. The first-order valence-electron chi connectivity index (χ1n) is 11.7. The molecule has 0 saturated carbocycles. The second kappa shape index (κ2) is 10.7. The van der Waals surface area contributed by atoms with E-state index in [0.29, 0.717) is 30.7 Å². The highest BCUT2D eigenvalue weighted by Gasteiger charge is 2.23. The van der Waals surface area contributed by atoms with Crippen LogP contribution in [0.2, 0.25) is 0 Å². The standard InChI is InChI=1S/C26H31FN2O4/c1-3-4-14-29(15-6-8-18-17-33-25-19(18)9-5-11-23(25)31-2)28-26(30)21-12-13-22(27)24-20(21)10-7-16-32-24/h5,9,11-13,17H,3-4,6-8,10,14-16H2,1-2H3,(H,28,30). The summed E-state index contributed by atoms with van der Waals surface area (Å²) in [4.78, 5) is 13.1. The third kappa shape index (κ3) is 5.14. The van der Waals surface area contributed by atoms with Crippen molar-refractivity contribution >= 4 is 16.9 Å². The van der Waals surface area contributed by atoms with E-state index in [2.05, 4.69) is 12.3 Å². The van der Waals surface area contributed by atoms with Crippen molar-refractivity contribution < 1.29 is 23.1 Å². The Kier molecular flexibility index (Phi) is 7.50. The number of halogens is 1. The van der Waals surface area contributed by atoms with Crippen molar-refractivity contribution in [3.63, 3.8) is 0 Å². The number of nitrogens with one attached hydrogen (secondary N) is 1. The van der Waals surface area contributed by atoms with Crippen molar-refractivity contribution in [1.82, 2.24) is 10.4 Å². The number of carbonyl (C=O) groups is 1. The number of hydrogen-bond donors (Lipinski definition) is 1. The number of fused-ring (bicyclic) bond motifs is 2. The summed E-state index contributed by atoms with van der Waals surface area (Å²) in [5.41, 5.74) is 6.07. The second-order valence-corrected chi connectivity index (χ2v) is 8.34. The monoisotopic (exact) mass is 454 g/mol. The molecule has 176 valence electrons. The van der Waals surface area contributed by atoms with Crippen molar-refractivity contribution in [2.45, 2.75) is 45.4 Å². The Morgan fingerprint density at radius 3 is 2.88 bits per heavy atom. The van der Waals surface area contributed by atoms with Gasteiger partial charge >= 0.3 is 0 Å². The number of hydrazine groups is 1. The molecule has 33 heavy (non-hydrogen) atoms. The molecule has 1 amide bonds. The summed E-state index contributed by atoms with van der Waals surface area (Å²) in [6.07, 6.45) is 6.86. The summed E-state index contributed by atoms with van der Waals surface area (Å²) in [5, 5.41) is 3.02. The van der Waals surface area contributed by atoms with Gasteiger partial charge in [0.05, 0.1) is 20.0 Å². The van der Waals surface area contributed by atoms with Gasteiger partial charge in [0.1, 0.15) is 0 Å². The number of carbonyl (C=O) groups excluding carboxylic acids is 1. The predicted octanol–water partition coefficient (Wildman–Crippen LogP) is 5.29. The van der Waals surface area contributed by atoms with Gasteiger partial charge < -0.3 is 13.9 Å². The van der Waals surface area contributed by atoms with Crippen molar-refractivity contribution in [2.24, 2.45) is 0 Å². The van der Waals surface area contributed by atoms with Gasteiger partial charge in [0, 0.05) is 29.6 Å². The van der Waals surface area contributed by atoms with Crippen LogP contribution in [0.15, 0.2) is 41.0 Å². The van der Waals surface area contributed by atoms with E-state index in [-0.39, 0.29) is 11.7 Å². The third-order valence-corrected chi connectivity index (χ3v) is 6.05. The lowest BCUT2D eigenvalue weighted by molar-refractivity contribution is 0.0780. The van der Waals surface area contributed by atoms with Crippen LogP contribution < -0.4 is 14.9 Å². The molecule has 0 aliphatic carbocycles. The first-order chi connectivity index (χ1) is 16.1. The van der Waals surface area contributed by atoms with Crippen LogP contribution in [-0.2, 0) is 12.8 Å². The van der Waals surface area contributed by atoms with E-state index < -0.39 is 5.82 Å². The number of methoxy groups -OCH3 is 1. The summed E-state index contributed by atoms with van der Waals surface area (Å²) in [7, 11) is 1.63. The predicted molar refractivity (Wildman–Crippen MR) is 125 cm³/mol. The van der Waals surface area contributed by atoms with Crippen molar-refractivity contribution in [1.29, 1.82) is 0 Å². The fourth-order valence-electron chi connectivity index (χ4n) is 4.31. The van der Waals surface area contributed by atoms with Gasteiger partial charge in [0.15, 0.2) is 22.9 Å². The van der Waals surface area contributed by atoms with Crippen LogP contribution in [0, 0.1) is 5.82 Å². The summed E-state index contributed by atoms with van der Waals surface area (Å²) in [5.74, 6) is 0.317. The fourth-order valence-corrected chi connectivity index (χ4v) is 4.31. The fraction of sp³-hybridized carbons (Fsp3) is 0.423. The Balaban J connectivity index is 1.42. The maximum absolute atomic E-state index is 14.1. The molecule has 0 unspecified atom stereocenters. The first-order valence-corrected chi connectivity index (χ1v) is 11.7. The van der Waals surface area contributed by atoms with Crippen LogP contribution in [0.3, 0.4) is 0 Å². The Morgan fingerprint density at radius 1 is 1.21 bits per heavy atom. The molecule has 2 heterocycles. The summed E-state index contributed by atoms with van der Waals surface area (Å²) in [6.45, 7) is 4.05. The molecule has 0 radical (unpaired) electrons. The molecule has 1 aliphatic heterocycles. The Morgan fingerprint density at radius 2 is 2.06 bits per heavy atom. The quantitative estimate of drug-likeness (QED) is 0.422. The molecule has 2 aromatic carbocycles. The average Bonchev–Trinajstić information content (AvgIpc) is 3.26. The van der Waals surface area contributed by atoms with Gasteiger partial charge in [-0.3, -0.25) is 10.2 Å². The highest BCUT2D eigenvalue weighted by molar-refractivity contribution is 5.96. The van der Waals surface area contributed by atoms with E-state index in [1.54, 1.807) is 19.4 Å². The highest BCUT2D eigenvalue weighted by atomic mass is 19.1. The van der Waals surface area contributed by atoms with Crippen molar-refractivity contribution in [2.75, 3.05) is 26.8 Å². The minimum absolute atomic E-state index is 0.216. The molecule has 0 bridgehead atoms. The molecular formula is C26H31FN2O4. The van der Waals surface area contributed by atoms with Crippen LogP contribution in [-0.4, -0.2) is 37.7 Å². The lowest BCUT2D eigenvalue weighted by Crippen LogP contribution is -2.44. The largest absolute Gasteiger partial charge is 0.493 e. The number of nitrogens with zero attached hydrogens (tertiary/aromatic N) is 1. The number of unbranched alkanes of at least 4 members (excludes halogenated alkanes) is 1. The van der Waals surface area contributed by atoms with Crippen LogP contribution in [0.5, 0.6) is 11.5 Å². The molecule has 1 N–H and O–H groups in total. The minimum Gasteiger partial charge on any atom is -0.493 e. The highest BCUT2D eigenvalue weighted by Crippen LogP contribution is 2.31. The third-order valence-electron chi connectivity index (χ3n) is 6.05. The second-order valence-electron chi connectivity index (χ2n) is 8.34. The van der Waals surface area contributed by atoms with Gasteiger partial charge in [-0.05, 0) is 55.9 Å². The smallest absolute Gasteiger partial charge is 0.265 e. The van der Waals surface area contributed by atoms with Gasteiger partial charge in [-0.1, -0.05) is 25.5 Å². The number of hydrogen-bond acceptors (Lipinski definition) is 5. The van der Waals surface area contributed by atoms with E-state index in [1.807, 2.05) is 23.2 Å². The topological polar surface area (TPSA) is 63.9 Å². The average molecular weight is 455 g/mol. The molecule has 6 nitrogen and oxygen atoms in total. The van der Waals surface area contributed by atoms with E-state index in [0.717, 1.165) is 60.9 Å². The zero-order valence-corrected chi connectivity index (χ0v) is 19.3. The van der Waals surface area contributed by atoms with Crippen LogP contribution >= 0.6 is 0 Å². The lowest BCUT2D eigenvalue weighted by atomic mass is 9.99. The van der Waals surface area contributed by atoms with E-state index >= 15 is 0 Å². The van der Waals surface area contributed by atoms with Crippen molar-refractivity contribution in [3.8, 4) is 11.5 Å². The summed E-state index contributed by atoms with van der Waals surface area (Å²) in [6, 6.07) is 8.75. The zero-order chi connectivity index (χ0) is 23.2. The van der Waals surface area contributed by atoms with Crippen LogP contribution in [0.1, 0.15) is 54.1 Å². The first kappa shape index (κ1) is 23.1. The van der Waals surface area contributed by atoms with Crippen LogP contribution in [0.4, 0.5) is 4.39 Å². The molecule has 0 atom stereocenters. The van der Waals surface area contributed by atoms with Gasteiger partial charge in [0.2, 0.25) is 0 Å². The van der Waals surface area contributed by atoms with E-state index in [4.69, 9.17) is 13.9 Å². The molecule has 7 heteroatoms. The normalized spacial score (nSPS) is 13.1. The molecule has 3 aromatic rings. The molecular weight excluding hydrogens is 423 g/mol. The van der Waals surface area contributed by atoms with Gasteiger partial charge in [-0.2, -0.15) is 0 Å².